The van der Waals surface area contributed by atoms with Gasteiger partial charge >= 0.3 is 0 Å². The first-order chi connectivity index (χ1) is 11.2. The van der Waals surface area contributed by atoms with E-state index >= 15 is 0 Å². The van der Waals surface area contributed by atoms with Crippen LogP contribution in [0.2, 0.25) is 5.02 Å². The maximum absolute atomic E-state index is 10.1. The molecule has 2 aromatic heterocycles. The molecule has 4 aromatic rings. The lowest BCUT2D eigenvalue weighted by atomic mass is 10.1. The first-order valence-corrected chi connectivity index (χ1v) is 7.48. The largest absolute Gasteiger partial charge is 0.507 e. The molecule has 0 fully saturated rings. The highest BCUT2D eigenvalue weighted by Crippen LogP contribution is 2.31. The Morgan fingerprint density at radius 3 is 2.57 bits per heavy atom. The molecule has 0 amide bonds. The van der Waals surface area contributed by atoms with Crippen LogP contribution >= 0.6 is 11.6 Å². The Bertz CT molecular complexity index is 993. The molecule has 2 aromatic carbocycles. The molecule has 0 radical (unpaired) electrons. The van der Waals surface area contributed by atoms with E-state index in [1.807, 2.05) is 53.2 Å². The number of phenols is 1. The Balaban J connectivity index is 1.98. The van der Waals surface area contributed by atoms with E-state index < -0.39 is 0 Å². The number of benzene rings is 2. The standard InChI is InChI=1S/C18H12ClN3O/c19-13-7-5-12(6-8-13)17-18-20-9-10-22(18)11-15(21-17)14-3-1-2-4-16(14)23/h1-11,23H. The van der Waals surface area contributed by atoms with Gasteiger partial charge in [0.15, 0.2) is 5.65 Å². The minimum absolute atomic E-state index is 0.196. The number of imidazole rings is 1. The summed E-state index contributed by atoms with van der Waals surface area (Å²) in [4.78, 5) is 9.10. The second-order valence-electron chi connectivity index (χ2n) is 5.16. The van der Waals surface area contributed by atoms with E-state index in [0.29, 0.717) is 16.3 Å². The summed E-state index contributed by atoms with van der Waals surface area (Å²) in [5.74, 6) is 0.196. The van der Waals surface area contributed by atoms with Crippen molar-refractivity contribution in [1.29, 1.82) is 0 Å². The van der Waals surface area contributed by atoms with Crippen molar-refractivity contribution in [1.82, 2.24) is 14.4 Å². The topological polar surface area (TPSA) is 50.4 Å². The van der Waals surface area contributed by atoms with Gasteiger partial charge in [-0.1, -0.05) is 35.9 Å². The van der Waals surface area contributed by atoms with Crippen molar-refractivity contribution < 1.29 is 5.11 Å². The normalized spacial score (nSPS) is 11.0. The van der Waals surface area contributed by atoms with E-state index in [4.69, 9.17) is 16.6 Å². The van der Waals surface area contributed by atoms with E-state index in [1.165, 1.54) is 0 Å². The smallest absolute Gasteiger partial charge is 0.163 e. The highest BCUT2D eigenvalue weighted by Gasteiger charge is 2.13. The third-order valence-corrected chi connectivity index (χ3v) is 3.92. The van der Waals surface area contributed by atoms with Crippen LogP contribution in [0.25, 0.3) is 28.2 Å². The van der Waals surface area contributed by atoms with Crippen LogP contribution in [0, 0.1) is 0 Å². The van der Waals surface area contributed by atoms with Gasteiger partial charge in [-0.3, -0.25) is 0 Å². The average Bonchev–Trinajstić information content (AvgIpc) is 3.04. The van der Waals surface area contributed by atoms with Crippen LogP contribution < -0.4 is 0 Å². The lowest BCUT2D eigenvalue weighted by molar-refractivity contribution is 0.477. The van der Waals surface area contributed by atoms with Crippen LogP contribution in [-0.2, 0) is 0 Å². The molecule has 1 N–H and O–H groups in total. The predicted octanol–water partition coefficient (Wildman–Crippen LogP) is 4.42. The lowest BCUT2D eigenvalue weighted by Gasteiger charge is -2.09. The highest BCUT2D eigenvalue weighted by atomic mass is 35.5. The molecule has 0 aliphatic rings. The van der Waals surface area contributed by atoms with E-state index in [9.17, 15) is 5.11 Å². The van der Waals surface area contributed by atoms with Crippen LogP contribution in [0.5, 0.6) is 5.75 Å². The molecule has 0 spiro atoms. The van der Waals surface area contributed by atoms with Crippen molar-refractivity contribution in [3.63, 3.8) is 0 Å². The SMILES string of the molecule is Oc1ccccc1-c1cn2ccnc2c(-c2ccc(Cl)cc2)n1. The van der Waals surface area contributed by atoms with Gasteiger partial charge in [0.05, 0.1) is 5.69 Å². The zero-order chi connectivity index (χ0) is 15.8. The second-order valence-corrected chi connectivity index (χ2v) is 5.59. The minimum atomic E-state index is 0.196. The van der Waals surface area contributed by atoms with Crippen molar-refractivity contribution in [2.75, 3.05) is 0 Å². The molecule has 4 nitrogen and oxygen atoms in total. The zero-order valence-electron chi connectivity index (χ0n) is 12.0. The first kappa shape index (κ1) is 13.8. The number of phenolic OH excluding ortho intramolecular Hbond substituents is 1. The van der Waals surface area contributed by atoms with Crippen molar-refractivity contribution in [2.24, 2.45) is 0 Å². The molecule has 0 saturated carbocycles. The number of hydrogen-bond acceptors (Lipinski definition) is 3. The predicted molar refractivity (Wildman–Crippen MR) is 90.5 cm³/mol. The van der Waals surface area contributed by atoms with Gasteiger partial charge < -0.3 is 9.51 Å². The van der Waals surface area contributed by atoms with Gasteiger partial charge in [0.1, 0.15) is 11.4 Å². The molecular formula is C18H12ClN3O. The fourth-order valence-corrected chi connectivity index (χ4v) is 2.68. The molecule has 112 valence electrons. The van der Waals surface area contributed by atoms with Gasteiger partial charge in [-0.05, 0) is 24.3 Å². The molecular weight excluding hydrogens is 310 g/mol. The van der Waals surface area contributed by atoms with Gasteiger partial charge in [0.25, 0.3) is 0 Å². The Kier molecular flexibility index (Phi) is 3.24. The molecule has 0 saturated heterocycles. The fourth-order valence-electron chi connectivity index (χ4n) is 2.55. The van der Waals surface area contributed by atoms with Gasteiger partial charge in [-0.25, -0.2) is 9.97 Å². The number of aromatic hydroxyl groups is 1. The van der Waals surface area contributed by atoms with Crippen molar-refractivity contribution in [3.8, 4) is 28.3 Å². The summed E-state index contributed by atoms with van der Waals surface area (Å²) in [7, 11) is 0. The van der Waals surface area contributed by atoms with Crippen LogP contribution in [-0.4, -0.2) is 19.5 Å². The summed E-state index contributed by atoms with van der Waals surface area (Å²) < 4.78 is 1.90. The maximum Gasteiger partial charge on any atom is 0.163 e. The van der Waals surface area contributed by atoms with Gasteiger partial charge in [-0.2, -0.15) is 0 Å². The van der Waals surface area contributed by atoms with E-state index in [-0.39, 0.29) is 5.75 Å². The Hall–Kier alpha value is -2.85. The number of fused-ring (bicyclic) bond motifs is 1. The molecule has 0 bridgehead atoms. The molecule has 0 unspecified atom stereocenters. The highest BCUT2D eigenvalue weighted by molar-refractivity contribution is 6.30. The number of halogens is 1. The number of hydrogen-bond donors (Lipinski definition) is 1. The Morgan fingerprint density at radius 2 is 1.78 bits per heavy atom. The fraction of sp³-hybridized carbons (Fsp3) is 0. The third kappa shape index (κ3) is 2.43. The van der Waals surface area contributed by atoms with Gasteiger partial charge in [0, 0.05) is 34.7 Å². The molecule has 5 heteroatoms. The summed E-state index contributed by atoms with van der Waals surface area (Å²) in [5.41, 5.74) is 3.78. The monoisotopic (exact) mass is 321 g/mol. The van der Waals surface area contributed by atoms with E-state index in [2.05, 4.69) is 4.98 Å². The first-order valence-electron chi connectivity index (χ1n) is 7.10. The molecule has 0 atom stereocenters. The summed E-state index contributed by atoms with van der Waals surface area (Å²) in [6, 6.07) is 14.6. The lowest BCUT2D eigenvalue weighted by Crippen LogP contribution is -1.96. The molecule has 0 aliphatic heterocycles. The third-order valence-electron chi connectivity index (χ3n) is 3.67. The summed E-state index contributed by atoms with van der Waals surface area (Å²) >= 11 is 5.97. The van der Waals surface area contributed by atoms with Gasteiger partial charge in [-0.15, -0.1) is 0 Å². The number of rotatable bonds is 2. The molecule has 23 heavy (non-hydrogen) atoms. The average molecular weight is 322 g/mol. The van der Waals surface area contributed by atoms with Crippen LogP contribution in [0.3, 0.4) is 0 Å². The summed E-state index contributed by atoms with van der Waals surface area (Å²) in [6.07, 6.45) is 5.45. The van der Waals surface area contributed by atoms with Crippen molar-refractivity contribution >= 4 is 17.2 Å². The van der Waals surface area contributed by atoms with Crippen LogP contribution in [0.15, 0.2) is 67.1 Å². The molecule has 4 rings (SSSR count). The maximum atomic E-state index is 10.1. The van der Waals surface area contributed by atoms with Crippen molar-refractivity contribution in [3.05, 3.63) is 72.1 Å². The van der Waals surface area contributed by atoms with Gasteiger partial charge in [0.2, 0.25) is 0 Å². The Labute approximate surface area is 137 Å². The minimum Gasteiger partial charge on any atom is -0.507 e. The number of para-hydroxylation sites is 1. The zero-order valence-corrected chi connectivity index (χ0v) is 12.8. The number of nitrogens with zero attached hydrogens (tertiary/aromatic N) is 3. The van der Waals surface area contributed by atoms with Crippen molar-refractivity contribution in [2.45, 2.75) is 0 Å². The molecule has 2 heterocycles. The molecule has 0 aliphatic carbocycles. The van der Waals surface area contributed by atoms with E-state index in [1.54, 1.807) is 18.3 Å². The van der Waals surface area contributed by atoms with Crippen LogP contribution in [0.4, 0.5) is 0 Å². The van der Waals surface area contributed by atoms with E-state index in [0.717, 1.165) is 16.9 Å². The summed E-state index contributed by atoms with van der Waals surface area (Å²) in [5, 5.41) is 10.8. The Morgan fingerprint density at radius 1 is 1.00 bits per heavy atom. The van der Waals surface area contributed by atoms with Crippen LogP contribution in [0.1, 0.15) is 0 Å². The second kappa shape index (κ2) is 5.41. The quantitative estimate of drug-likeness (QED) is 0.594. The summed E-state index contributed by atoms with van der Waals surface area (Å²) in [6.45, 7) is 0. The number of aromatic nitrogens is 3.